The molecule has 6 heteroatoms. The van der Waals surface area contributed by atoms with Crippen LogP contribution in [0.4, 0.5) is 10.1 Å². The number of halogens is 1. The Bertz CT molecular complexity index is 485. The zero-order valence-corrected chi connectivity index (χ0v) is 7.88. The Labute approximate surface area is 83.7 Å². The van der Waals surface area contributed by atoms with E-state index >= 15 is 0 Å². The topological polar surface area (TPSA) is 66.5 Å². The van der Waals surface area contributed by atoms with Gasteiger partial charge in [0.05, 0.1) is 4.78 Å². The fraction of sp³-hybridized carbons (Fsp3) is 0. The first-order chi connectivity index (χ1) is 6.59. The van der Waals surface area contributed by atoms with Gasteiger partial charge < -0.3 is 15.8 Å². The van der Waals surface area contributed by atoms with Crippen LogP contribution in [0.15, 0.2) is 18.2 Å². The van der Waals surface area contributed by atoms with E-state index in [-0.39, 0.29) is 10.6 Å². The van der Waals surface area contributed by atoms with Crippen molar-refractivity contribution >= 4 is 39.0 Å². The fourth-order valence-corrected chi connectivity index (χ4v) is 2.32. The maximum Gasteiger partial charge on any atom is 0.501 e. The van der Waals surface area contributed by atoms with Gasteiger partial charge in [0.2, 0.25) is 0 Å². The second-order valence-electron chi connectivity index (χ2n) is 2.89. The van der Waals surface area contributed by atoms with E-state index in [4.69, 9.17) is 15.8 Å². The summed E-state index contributed by atoms with van der Waals surface area (Å²) >= 11 is 1.08. The molecule has 0 unspecified atom stereocenters. The number of hydrogen-bond acceptors (Lipinski definition) is 4. The summed E-state index contributed by atoms with van der Waals surface area (Å²) in [6.45, 7) is 0. The van der Waals surface area contributed by atoms with Crippen LogP contribution in [0.5, 0.6) is 0 Å². The monoisotopic (exact) mass is 211 g/mol. The van der Waals surface area contributed by atoms with Crippen molar-refractivity contribution in [3.8, 4) is 0 Å². The number of rotatable bonds is 1. The number of benzene rings is 1. The van der Waals surface area contributed by atoms with Crippen molar-refractivity contribution in [1.82, 2.24) is 0 Å². The second kappa shape index (κ2) is 3.23. The molecule has 14 heavy (non-hydrogen) atoms. The zero-order valence-electron chi connectivity index (χ0n) is 7.07. The largest absolute Gasteiger partial charge is 0.501 e. The SMILES string of the molecule is Nc1c(B(O)O)sc2cc(F)ccc12. The second-order valence-corrected chi connectivity index (χ2v) is 3.98. The van der Waals surface area contributed by atoms with Crippen LogP contribution in [-0.2, 0) is 0 Å². The molecule has 0 saturated carbocycles. The molecule has 72 valence electrons. The lowest BCUT2D eigenvalue weighted by atomic mass is 9.88. The lowest BCUT2D eigenvalue weighted by molar-refractivity contribution is 0.427. The number of nitrogens with two attached hydrogens (primary N) is 1. The normalized spacial score (nSPS) is 10.8. The molecular weight excluding hydrogens is 204 g/mol. The minimum atomic E-state index is -1.60. The highest BCUT2D eigenvalue weighted by Crippen LogP contribution is 2.26. The van der Waals surface area contributed by atoms with Crippen LogP contribution >= 0.6 is 11.3 Å². The molecule has 1 aromatic carbocycles. The quantitative estimate of drug-likeness (QED) is 0.594. The number of fused-ring (bicyclic) bond motifs is 1. The van der Waals surface area contributed by atoms with Gasteiger partial charge >= 0.3 is 7.12 Å². The summed E-state index contributed by atoms with van der Waals surface area (Å²) in [6.07, 6.45) is 0. The van der Waals surface area contributed by atoms with Gasteiger partial charge in [0.15, 0.2) is 0 Å². The number of anilines is 1. The van der Waals surface area contributed by atoms with E-state index in [1.807, 2.05) is 0 Å². The molecule has 0 amide bonds. The first-order valence-electron chi connectivity index (χ1n) is 3.93. The van der Waals surface area contributed by atoms with E-state index in [1.165, 1.54) is 18.2 Å². The molecule has 1 aromatic heterocycles. The Hall–Kier alpha value is -1.11. The number of thiophene rings is 1. The van der Waals surface area contributed by atoms with Crippen molar-refractivity contribution in [2.75, 3.05) is 5.73 Å². The van der Waals surface area contributed by atoms with Crippen LogP contribution in [0.2, 0.25) is 0 Å². The van der Waals surface area contributed by atoms with Crippen molar-refractivity contribution in [3.05, 3.63) is 24.0 Å². The minimum absolute atomic E-state index is 0.255. The summed E-state index contributed by atoms with van der Waals surface area (Å²) in [6, 6.07) is 4.14. The van der Waals surface area contributed by atoms with Crippen molar-refractivity contribution in [2.45, 2.75) is 0 Å². The molecule has 0 atom stereocenters. The standard InChI is InChI=1S/C8H7BFNO2S/c10-4-1-2-5-6(3-4)14-8(7(5)11)9(12)13/h1-3,12-13H,11H2. The van der Waals surface area contributed by atoms with E-state index in [1.54, 1.807) is 0 Å². The number of nitrogen functional groups attached to an aromatic ring is 1. The molecule has 3 nitrogen and oxygen atoms in total. The van der Waals surface area contributed by atoms with Gasteiger partial charge in [-0.05, 0) is 18.2 Å². The average molecular weight is 211 g/mol. The summed E-state index contributed by atoms with van der Waals surface area (Å²) < 4.78 is 13.7. The molecule has 1 heterocycles. The molecule has 0 aliphatic heterocycles. The molecule has 0 radical (unpaired) electrons. The maximum absolute atomic E-state index is 12.8. The third-order valence-electron chi connectivity index (χ3n) is 1.95. The van der Waals surface area contributed by atoms with Gasteiger partial charge in [-0.25, -0.2) is 4.39 Å². The van der Waals surface area contributed by atoms with Crippen molar-refractivity contribution in [2.24, 2.45) is 0 Å². The summed E-state index contributed by atoms with van der Waals surface area (Å²) in [5.74, 6) is -0.363. The smallest absolute Gasteiger partial charge is 0.423 e. The highest BCUT2D eigenvalue weighted by atomic mass is 32.1. The minimum Gasteiger partial charge on any atom is -0.423 e. The number of hydrogen-bond donors (Lipinski definition) is 3. The van der Waals surface area contributed by atoms with Gasteiger partial charge in [0, 0.05) is 15.8 Å². The Kier molecular flexibility index (Phi) is 2.18. The predicted molar refractivity (Wildman–Crippen MR) is 56.0 cm³/mol. The molecule has 0 aliphatic rings. The lowest BCUT2D eigenvalue weighted by Crippen LogP contribution is -2.28. The molecule has 2 rings (SSSR count). The predicted octanol–water partition coefficient (Wildman–Crippen LogP) is 0.302. The zero-order chi connectivity index (χ0) is 10.3. The van der Waals surface area contributed by atoms with E-state index in [9.17, 15) is 4.39 Å². The Morgan fingerprint density at radius 1 is 1.36 bits per heavy atom. The van der Waals surface area contributed by atoms with Crippen LogP contribution in [0.1, 0.15) is 0 Å². The fourth-order valence-electron chi connectivity index (χ4n) is 1.30. The van der Waals surface area contributed by atoms with Gasteiger partial charge in [-0.15, -0.1) is 11.3 Å². The van der Waals surface area contributed by atoms with E-state index < -0.39 is 7.12 Å². The van der Waals surface area contributed by atoms with Crippen molar-refractivity contribution in [1.29, 1.82) is 0 Å². The third kappa shape index (κ3) is 1.37. The highest BCUT2D eigenvalue weighted by molar-refractivity contribution is 7.28. The van der Waals surface area contributed by atoms with Crippen LogP contribution in [0.3, 0.4) is 0 Å². The summed E-state index contributed by atoms with van der Waals surface area (Å²) in [5, 5.41) is 18.6. The maximum atomic E-state index is 12.8. The summed E-state index contributed by atoms with van der Waals surface area (Å²) in [5.41, 5.74) is 5.96. The molecule has 0 fully saturated rings. The molecule has 2 aromatic rings. The molecule has 4 N–H and O–H groups in total. The van der Waals surface area contributed by atoms with Gasteiger partial charge in [-0.2, -0.15) is 0 Å². The van der Waals surface area contributed by atoms with Gasteiger partial charge in [0.1, 0.15) is 5.82 Å². The van der Waals surface area contributed by atoms with Gasteiger partial charge in [-0.3, -0.25) is 0 Å². The van der Waals surface area contributed by atoms with Gasteiger partial charge in [-0.1, -0.05) is 0 Å². The Balaban J connectivity index is 2.73. The highest BCUT2D eigenvalue weighted by Gasteiger charge is 2.20. The summed E-state index contributed by atoms with van der Waals surface area (Å²) in [4.78, 5) is 0. The average Bonchev–Trinajstić information content (AvgIpc) is 2.43. The van der Waals surface area contributed by atoms with E-state index in [0.717, 1.165) is 11.3 Å². The van der Waals surface area contributed by atoms with Crippen LogP contribution in [0.25, 0.3) is 10.1 Å². The van der Waals surface area contributed by atoms with E-state index in [2.05, 4.69) is 0 Å². The molecular formula is C8H7BFNO2S. The van der Waals surface area contributed by atoms with Gasteiger partial charge in [0.25, 0.3) is 0 Å². The van der Waals surface area contributed by atoms with Crippen LogP contribution in [-0.4, -0.2) is 17.2 Å². The first kappa shape index (κ1) is 9.45. The third-order valence-corrected chi connectivity index (χ3v) is 3.16. The lowest BCUT2D eigenvalue weighted by Gasteiger charge is -1.95. The Morgan fingerprint density at radius 3 is 2.71 bits per heavy atom. The van der Waals surface area contributed by atoms with E-state index in [0.29, 0.717) is 15.8 Å². The molecule has 0 bridgehead atoms. The van der Waals surface area contributed by atoms with Crippen LogP contribution in [0, 0.1) is 5.82 Å². The first-order valence-corrected chi connectivity index (χ1v) is 4.75. The van der Waals surface area contributed by atoms with Crippen molar-refractivity contribution in [3.63, 3.8) is 0 Å². The summed E-state index contributed by atoms with van der Waals surface area (Å²) in [7, 11) is -1.60. The Morgan fingerprint density at radius 2 is 2.07 bits per heavy atom. The van der Waals surface area contributed by atoms with Crippen LogP contribution < -0.4 is 10.5 Å². The molecule has 0 spiro atoms. The van der Waals surface area contributed by atoms with Crippen molar-refractivity contribution < 1.29 is 14.4 Å². The molecule has 0 saturated heterocycles. The molecule has 0 aliphatic carbocycles.